The lowest BCUT2D eigenvalue weighted by Crippen LogP contribution is -2.49. The largest absolute Gasteiger partial charge is 0.378 e. The normalized spacial score (nSPS) is 18.3. The van der Waals surface area contributed by atoms with Crippen LogP contribution in [0.15, 0.2) is 30.5 Å². The molecule has 1 saturated heterocycles. The Hall–Kier alpha value is -2.02. The highest BCUT2D eigenvalue weighted by atomic mass is 35.5. The van der Waals surface area contributed by atoms with Crippen molar-refractivity contribution in [2.45, 2.75) is 32.4 Å². The van der Waals surface area contributed by atoms with Crippen LogP contribution in [-0.2, 0) is 4.74 Å². The summed E-state index contributed by atoms with van der Waals surface area (Å²) in [5.41, 5.74) is 2.91. The molecule has 1 fully saturated rings. The van der Waals surface area contributed by atoms with Gasteiger partial charge in [0, 0.05) is 30.9 Å². The molecule has 1 N–H and O–H groups in total. The molecular formula is C20H25ClN4O2. The van der Waals surface area contributed by atoms with E-state index in [-0.39, 0.29) is 17.5 Å². The molecule has 1 unspecified atom stereocenters. The van der Waals surface area contributed by atoms with Crippen LogP contribution in [0.3, 0.4) is 0 Å². The molecule has 0 bridgehead atoms. The number of morpholine rings is 1. The van der Waals surface area contributed by atoms with Crippen LogP contribution >= 0.6 is 11.6 Å². The second-order valence-corrected chi connectivity index (χ2v) is 7.96. The molecule has 1 atom stereocenters. The molecule has 1 aliphatic rings. The molecule has 0 saturated carbocycles. The second kappa shape index (κ2) is 7.92. The first-order valence-electron chi connectivity index (χ1n) is 9.00. The lowest BCUT2D eigenvalue weighted by Gasteiger charge is -2.44. The highest BCUT2D eigenvalue weighted by Gasteiger charge is 2.33. The van der Waals surface area contributed by atoms with Gasteiger partial charge in [0.2, 0.25) is 0 Å². The van der Waals surface area contributed by atoms with Crippen molar-refractivity contribution < 1.29 is 9.53 Å². The Morgan fingerprint density at radius 3 is 2.81 bits per heavy atom. The standard InChI is InChI=1S/C20H25ClN4O2/c1-20(2,3)25-7-8-27-12-17(25)14-10-15(24-18(21)11-14)13-5-6-23-16(9-13)19(26)22-4/h5-6,9-11,17H,7-8,12H2,1-4H3,(H,22,26). The van der Waals surface area contributed by atoms with E-state index < -0.39 is 0 Å². The molecule has 27 heavy (non-hydrogen) atoms. The molecule has 2 aromatic rings. The SMILES string of the molecule is CNC(=O)c1cc(-c2cc(C3COCCN3C(C)(C)C)cc(Cl)n2)ccn1. The number of nitrogens with one attached hydrogen (secondary N) is 1. The molecule has 1 amide bonds. The average Bonchev–Trinajstić information content (AvgIpc) is 2.66. The van der Waals surface area contributed by atoms with Gasteiger partial charge >= 0.3 is 0 Å². The summed E-state index contributed by atoms with van der Waals surface area (Å²) in [4.78, 5) is 22.9. The third kappa shape index (κ3) is 4.46. The first-order valence-corrected chi connectivity index (χ1v) is 9.38. The predicted octanol–water partition coefficient (Wildman–Crippen LogP) is 3.33. The summed E-state index contributed by atoms with van der Waals surface area (Å²) < 4.78 is 5.74. The topological polar surface area (TPSA) is 67.3 Å². The van der Waals surface area contributed by atoms with Gasteiger partial charge in [0.25, 0.3) is 5.91 Å². The highest BCUT2D eigenvalue weighted by molar-refractivity contribution is 6.29. The van der Waals surface area contributed by atoms with Gasteiger partial charge in [-0.25, -0.2) is 4.98 Å². The minimum atomic E-state index is -0.237. The lowest BCUT2D eigenvalue weighted by atomic mass is 9.96. The molecule has 1 aliphatic heterocycles. The molecule has 0 aromatic carbocycles. The number of ether oxygens (including phenoxy) is 1. The molecule has 7 heteroatoms. The van der Waals surface area contributed by atoms with E-state index in [0.29, 0.717) is 23.1 Å². The maximum atomic E-state index is 11.9. The number of rotatable bonds is 3. The van der Waals surface area contributed by atoms with Crippen molar-refractivity contribution in [3.63, 3.8) is 0 Å². The van der Waals surface area contributed by atoms with E-state index in [2.05, 4.69) is 41.0 Å². The quantitative estimate of drug-likeness (QED) is 0.817. The van der Waals surface area contributed by atoms with Gasteiger partial charge in [0.05, 0.1) is 24.9 Å². The van der Waals surface area contributed by atoms with Gasteiger partial charge in [-0.1, -0.05) is 11.6 Å². The van der Waals surface area contributed by atoms with E-state index in [4.69, 9.17) is 16.3 Å². The van der Waals surface area contributed by atoms with E-state index >= 15 is 0 Å². The zero-order chi connectivity index (χ0) is 19.6. The van der Waals surface area contributed by atoms with Crippen molar-refractivity contribution in [3.05, 3.63) is 46.9 Å². The molecule has 0 aliphatic carbocycles. The fourth-order valence-electron chi connectivity index (χ4n) is 3.38. The maximum Gasteiger partial charge on any atom is 0.269 e. The van der Waals surface area contributed by atoms with Gasteiger partial charge in [-0.05, 0) is 50.6 Å². The van der Waals surface area contributed by atoms with Gasteiger partial charge in [0.15, 0.2) is 0 Å². The van der Waals surface area contributed by atoms with Crippen LogP contribution in [0.4, 0.5) is 0 Å². The molecule has 0 spiro atoms. The van der Waals surface area contributed by atoms with Crippen molar-refractivity contribution in [2.24, 2.45) is 0 Å². The lowest BCUT2D eigenvalue weighted by molar-refractivity contribution is -0.0506. The number of carbonyl (C=O) groups excluding carboxylic acids is 1. The summed E-state index contributed by atoms with van der Waals surface area (Å²) in [5, 5.41) is 3.00. The van der Waals surface area contributed by atoms with E-state index in [1.54, 1.807) is 19.3 Å². The van der Waals surface area contributed by atoms with Gasteiger partial charge in [0.1, 0.15) is 10.8 Å². The zero-order valence-electron chi connectivity index (χ0n) is 16.1. The third-order valence-corrected chi connectivity index (χ3v) is 4.90. The number of nitrogens with zero attached hydrogens (tertiary/aromatic N) is 3. The summed E-state index contributed by atoms with van der Waals surface area (Å²) in [6.07, 6.45) is 1.60. The summed E-state index contributed by atoms with van der Waals surface area (Å²) in [7, 11) is 1.58. The van der Waals surface area contributed by atoms with Gasteiger partial charge in [-0.2, -0.15) is 0 Å². The number of amides is 1. The van der Waals surface area contributed by atoms with Crippen molar-refractivity contribution in [2.75, 3.05) is 26.8 Å². The monoisotopic (exact) mass is 388 g/mol. The van der Waals surface area contributed by atoms with E-state index in [1.165, 1.54) is 0 Å². The van der Waals surface area contributed by atoms with Crippen LogP contribution in [0.2, 0.25) is 5.15 Å². The minimum Gasteiger partial charge on any atom is -0.378 e. The maximum absolute atomic E-state index is 11.9. The second-order valence-electron chi connectivity index (χ2n) is 7.57. The van der Waals surface area contributed by atoms with Gasteiger partial charge in [-0.3, -0.25) is 14.7 Å². The van der Waals surface area contributed by atoms with E-state index in [9.17, 15) is 4.79 Å². The number of hydrogen-bond acceptors (Lipinski definition) is 5. The van der Waals surface area contributed by atoms with Crippen LogP contribution in [0.5, 0.6) is 0 Å². The molecule has 3 rings (SSSR count). The molecule has 2 aromatic heterocycles. The van der Waals surface area contributed by atoms with Crippen LogP contribution in [0.25, 0.3) is 11.3 Å². The van der Waals surface area contributed by atoms with Crippen molar-refractivity contribution in [1.82, 2.24) is 20.2 Å². The highest BCUT2D eigenvalue weighted by Crippen LogP contribution is 2.33. The number of aromatic nitrogens is 2. The summed E-state index contributed by atoms with van der Waals surface area (Å²) in [6, 6.07) is 7.56. The Morgan fingerprint density at radius 1 is 1.33 bits per heavy atom. The van der Waals surface area contributed by atoms with Crippen LogP contribution in [0, 0.1) is 0 Å². The first-order chi connectivity index (χ1) is 12.8. The number of halogens is 1. The van der Waals surface area contributed by atoms with Crippen molar-refractivity contribution in [3.8, 4) is 11.3 Å². The molecular weight excluding hydrogens is 364 g/mol. The van der Waals surface area contributed by atoms with Crippen LogP contribution < -0.4 is 5.32 Å². The molecule has 144 valence electrons. The fourth-order valence-corrected chi connectivity index (χ4v) is 3.60. The number of carbonyl (C=O) groups is 1. The number of hydrogen-bond donors (Lipinski definition) is 1. The Kier molecular flexibility index (Phi) is 5.79. The zero-order valence-corrected chi connectivity index (χ0v) is 16.9. The first kappa shape index (κ1) is 19.7. The predicted molar refractivity (Wildman–Crippen MR) is 106 cm³/mol. The van der Waals surface area contributed by atoms with Gasteiger partial charge < -0.3 is 10.1 Å². The third-order valence-electron chi connectivity index (χ3n) is 4.71. The summed E-state index contributed by atoms with van der Waals surface area (Å²) >= 11 is 6.35. The Bertz CT molecular complexity index is 835. The van der Waals surface area contributed by atoms with Crippen molar-refractivity contribution in [1.29, 1.82) is 0 Å². The van der Waals surface area contributed by atoms with Crippen LogP contribution in [0.1, 0.15) is 42.9 Å². The van der Waals surface area contributed by atoms with Gasteiger partial charge in [-0.15, -0.1) is 0 Å². The Labute approximate surface area is 164 Å². The number of pyridine rings is 2. The molecule has 0 radical (unpaired) electrons. The Morgan fingerprint density at radius 2 is 2.11 bits per heavy atom. The van der Waals surface area contributed by atoms with Crippen LogP contribution in [-0.4, -0.2) is 53.1 Å². The molecule has 3 heterocycles. The minimum absolute atomic E-state index is 0.00735. The van der Waals surface area contributed by atoms with E-state index in [0.717, 1.165) is 24.3 Å². The summed E-state index contributed by atoms with van der Waals surface area (Å²) in [5.74, 6) is -0.237. The summed E-state index contributed by atoms with van der Waals surface area (Å²) in [6.45, 7) is 8.80. The van der Waals surface area contributed by atoms with E-state index in [1.807, 2.05) is 18.2 Å². The van der Waals surface area contributed by atoms with Crippen molar-refractivity contribution >= 4 is 17.5 Å². The fraction of sp³-hybridized carbons (Fsp3) is 0.450. The molecule has 6 nitrogen and oxygen atoms in total. The smallest absolute Gasteiger partial charge is 0.269 e. The Balaban J connectivity index is 2.01. The average molecular weight is 389 g/mol.